The van der Waals surface area contributed by atoms with E-state index in [1.807, 2.05) is 0 Å². The van der Waals surface area contributed by atoms with Crippen LogP contribution >= 0.6 is 0 Å². The maximum atomic E-state index is 14.1. The van der Waals surface area contributed by atoms with Crippen molar-refractivity contribution in [3.8, 4) is 0 Å². The maximum Gasteiger partial charge on any atom is 0.195 e. The fourth-order valence-electron chi connectivity index (χ4n) is 8.12. The van der Waals surface area contributed by atoms with Gasteiger partial charge in [0.25, 0.3) is 0 Å². The third kappa shape index (κ3) is 3.89. The summed E-state index contributed by atoms with van der Waals surface area (Å²) >= 11 is 0. The lowest BCUT2D eigenvalue weighted by Gasteiger charge is -2.54. The molecule has 5 aliphatic rings. The summed E-state index contributed by atoms with van der Waals surface area (Å²) in [6.07, 6.45) is 18.5. The normalized spacial score (nSPS) is 27.1. The molecule has 1 N–H and O–H groups in total. The molecule has 4 heteroatoms. The molecule has 1 aromatic rings. The molecule has 0 aromatic carbocycles. The molecule has 2 fully saturated rings. The van der Waals surface area contributed by atoms with Crippen LogP contribution < -0.4 is 0 Å². The van der Waals surface area contributed by atoms with Gasteiger partial charge in [-0.3, -0.25) is 14.6 Å². The number of carbonyl (C=O) groups is 1. The summed E-state index contributed by atoms with van der Waals surface area (Å²) in [5, 5.41) is 0. The molecule has 1 saturated carbocycles. The van der Waals surface area contributed by atoms with E-state index in [4.69, 9.17) is 0 Å². The molecule has 0 spiro atoms. The number of carbonyl (C=O) groups excluding carboxylic acids is 1. The third-order valence-electron chi connectivity index (χ3n) is 10.4. The van der Waals surface area contributed by atoms with Crippen LogP contribution in [-0.4, -0.2) is 58.3 Å². The van der Waals surface area contributed by atoms with Crippen LogP contribution in [0.25, 0.3) is 6.08 Å². The van der Waals surface area contributed by atoms with E-state index >= 15 is 0 Å². The van der Waals surface area contributed by atoms with Crippen LogP contribution in [0.15, 0.2) is 40.5 Å². The van der Waals surface area contributed by atoms with E-state index in [1.165, 1.54) is 67.5 Å². The molecule has 1 atom stereocenters. The third-order valence-corrected chi connectivity index (χ3v) is 10.4. The van der Waals surface area contributed by atoms with Crippen LogP contribution in [0.5, 0.6) is 0 Å². The Morgan fingerprint density at radius 2 is 1.84 bits per heavy atom. The van der Waals surface area contributed by atoms with E-state index in [-0.39, 0.29) is 11.2 Å². The minimum Gasteiger partial charge on any atom is -0.357 e. The number of aromatic amines is 1. The molecule has 1 aromatic heterocycles. The summed E-state index contributed by atoms with van der Waals surface area (Å²) in [6.45, 7) is 16.1. The number of ketones is 1. The van der Waals surface area contributed by atoms with Crippen molar-refractivity contribution in [2.24, 2.45) is 0 Å². The minimum absolute atomic E-state index is 0.177. The predicted molar refractivity (Wildman–Crippen MR) is 153 cm³/mol. The van der Waals surface area contributed by atoms with Crippen molar-refractivity contribution in [1.29, 1.82) is 0 Å². The van der Waals surface area contributed by atoms with E-state index in [0.29, 0.717) is 11.6 Å². The smallest absolute Gasteiger partial charge is 0.195 e. The highest BCUT2D eigenvalue weighted by Gasteiger charge is 2.46. The van der Waals surface area contributed by atoms with Gasteiger partial charge in [0.2, 0.25) is 0 Å². The number of aromatic nitrogens is 1. The van der Waals surface area contributed by atoms with Crippen LogP contribution in [0, 0.1) is 0 Å². The second-order valence-corrected chi connectivity index (χ2v) is 12.8. The van der Waals surface area contributed by atoms with Crippen LogP contribution in [0.2, 0.25) is 0 Å². The Morgan fingerprint density at radius 1 is 1.08 bits per heavy atom. The number of nitrogens with one attached hydrogen (secondary N) is 1. The Bertz CT molecular complexity index is 1220. The molecule has 0 radical (unpaired) electrons. The molecule has 1 saturated heterocycles. The quantitative estimate of drug-likeness (QED) is 0.487. The first-order valence-electron chi connectivity index (χ1n) is 14.9. The van der Waals surface area contributed by atoms with E-state index in [9.17, 15) is 4.79 Å². The number of piperazine rings is 1. The number of hydrogen-bond acceptors (Lipinski definition) is 3. The first-order chi connectivity index (χ1) is 17.8. The van der Waals surface area contributed by atoms with Gasteiger partial charge in [-0.15, -0.1) is 0 Å². The molecule has 1 unspecified atom stereocenters. The van der Waals surface area contributed by atoms with Gasteiger partial charge in [0.1, 0.15) is 0 Å². The number of nitrogens with zero attached hydrogens (tertiary/aromatic N) is 2. The largest absolute Gasteiger partial charge is 0.357 e. The van der Waals surface area contributed by atoms with Crippen molar-refractivity contribution in [3.63, 3.8) is 0 Å². The summed E-state index contributed by atoms with van der Waals surface area (Å²) in [5.41, 5.74) is 9.68. The first kappa shape index (κ1) is 25.1. The van der Waals surface area contributed by atoms with Crippen molar-refractivity contribution >= 4 is 11.9 Å². The van der Waals surface area contributed by atoms with Crippen LogP contribution in [0.1, 0.15) is 107 Å². The second-order valence-electron chi connectivity index (χ2n) is 12.8. The van der Waals surface area contributed by atoms with Crippen molar-refractivity contribution in [1.82, 2.24) is 14.8 Å². The topological polar surface area (TPSA) is 39.3 Å². The molecular formula is C33H45N3O. The van der Waals surface area contributed by atoms with Gasteiger partial charge >= 0.3 is 0 Å². The SMILES string of the molecule is CCCC1(N2CCN(C3CC4=C(C=C3CC)C(=O)c3c([nH]c5c3CC=CC(C)=C5)C4(C)C)CC2)CCC1. The molecule has 4 aliphatic carbocycles. The summed E-state index contributed by atoms with van der Waals surface area (Å²) in [6, 6.07) is 0.418. The molecule has 198 valence electrons. The Morgan fingerprint density at radius 3 is 2.49 bits per heavy atom. The van der Waals surface area contributed by atoms with E-state index in [1.54, 1.807) is 0 Å². The summed E-state index contributed by atoms with van der Waals surface area (Å²) in [7, 11) is 0. The number of fused-ring (bicyclic) bond motifs is 3. The molecule has 1 aliphatic heterocycles. The van der Waals surface area contributed by atoms with Gasteiger partial charge in [-0.05, 0) is 74.7 Å². The summed E-state index contributed by atoms with van der Waals surface area (Å²) in [5.74, 6) is 0.240. The molecule has 37 heavy (non-hydrogen) atoms. The lowest BCUT2D eigenvalue weighted by Crippen LogP contribution is -2.61. The molecule has 6 rings (SSSR count). The van der Waals surface area contributed by atoms with Gasteiger partial charge in [-0.1, -0.05) is 57.9 Å². The molecular weight excluding hydrogens is 454 g/mol. The van der Waals surface area contributed by atoms with Crippen molar-refractivity contribution in [2.45, 2.75) is 103 Å². The van der Waals surface area contributed by atoms with Crippen molar-refractivity contribution < 1.29 is 4.79 Å². The summed E-state index contributed by atoms with van der Waals surface area (Å²) < 4.78 is 0. The standard InChI is InChI=1S/C33H45N3O/c1-6-12-33(13-9-14-33)36-17-15-35(16-18-36)28-21-26-25(20-23(28)7-2)30(37)29-24-11-8-10-22(3)19-27(24)34-31(29)32(26,4)5/h8,10,19-20,28,34H,6-7,9,11-18,21H2,1-5H3. The van der Waals surface area contributed by atoms with Gasteiger partial charge < -0.3 is 4.98 Å². The highest BCUT2D eigenvalue weighted by molar-refractivity contribution is 6.15. The number of Topliss-reactive ketones (excluding diaryl/α,β-unsaturated/α-hetero) is 1. The molecule has 2 heterocycles. The Balaban J connectivity index is 1.28. The van der Waals surface area contributed by atoms with Crippen LogP contribution in [0.4, 0.5) is 0 Å². The molecule has 0 bridgehead atoms. The fraction of sp³-hybridized carbons (Fsp3) is 0.606. The number of rotatable bonds is 5. The second kappa shape index (κ2) is 9.24. The highest BCUT2D eigenvalue weighted by atomic mass is 16.1. The Labute approximate surface area is 223 Å². The van der Waals surface area contributed by atoms with Gasteiger partial charge in [0.05, 0.1) is 0 Å². The van der Waals surface area contributed by atoms with Crippen LogP contribution in [0.3, 0.4) is 0 Å². The zero-order valence-electron chi connectivity index (χ0n) is 23.7. The monoisotopic (exact) mass is 499 g/mol. The predicted octanol–water partition coefficient (Wildman–Crippen LogP) is 6.75. The Hall–Kier alpha value is -2.17. The summed E-state index contributed by atoms with van der Waals surface area (Å²) in [4.78, 5) is 23.4. The highest BCUT2D eigenvalue weighted by Crippen LogP contribution is 2.49. The molecule has 4 nitrogen and oxygen atoms in total. The van der Waals surface area contributed by atoms with Gasteiger partial charge in [-0.25, -0.2) is 0 Å². The van der Waals surface area contributed by atoms with E-state index < -0.39 is 0 Å². The van der Waals surface area contributed by atoms with Gasteiger partial charge in [0, 0.05) is 65.7 Å². The number of hydrogen-bond donors (Lipinski definition) is 1. The van der Waals surface area contributed by atoms with Gasteiger partial charge in [0.15, 0.2) is 5.78 Å². The van der Waals surface area contributed by atoms with Crippen LogP contribution in [-0.2, 0) is 11.8 Å². The first-order valence-corrected chi connectivity index (χ1v) is 14.9. The lowest BCUT2D eigenvalue weighted by molar-refractivity contribution is -0.0304. The minimum atomic E-state index is -0.177. The van der Waals surface area contributed by atoms with Crippen molar-refractivity contribution in [2.75, 3.05) is 26.2 Å². The zero-order chi connectivity index (χ0) is 25.9. The van der Waals surface area contributed by atoms with E-state index in [0.717, 1.165) is 54.9 Å². The number of allylic oxidation sites excluding steroid dienone is 5. The fourth-order valence-corrected chi connectivity index (χ4v) is 8.12. The van der Waals surface area contributed by atoms with Crippen molar-refractivity contribution in [3.05, 3.63) is 63.0 Å². The molecule has 0 amide bonds. The average Bonchev–Trinajstić information content (AvgIpc) is 3.13. The zero-order valence-corrected chi connectivity index (χ0v) is 23.7. The Kier molecular flexibility index (Phi) is 6.27. The van der Waals surface area contributed by atoms with Gasteiger partial charge in [-0.2, -0.15) is 0 Å². The van der Waals surface area contributed by atoms with E-state index in [2.05, 4.69) is 73.7 Å². The lowest BCUT2D eigenvalue weighted by atomic mass is 9.65. The maximum absolute atomic E-state index is 14.1. The number of H-pyrrole nitrogens is 1. The average molecular weight is 500 g/mol.